The predicted octanol–water partition coefficient (Wildman–Crippen LogP) is 1.69. The highest BCUT2D eigenvalue weighted by molar-refractivity contribution is 4.99. The Labute approximate surface area is 79.0 Å². The van der Waals surface area contributed by atoms with Gasteiger partial charge in [-0.15, -0.1) is 0 Å². The van der Waals surface area contributed by atoms with E-state index in [1.54, 1.807) is 6.33 Å². The van der Waals surface area contributed by atoms with Gasteiger partial charge in [0.25, 0.3) is 0 Å². The number of aromatic nitrogens is 2. The maximum absolute atomic E-state index is 3.99. The standard InChI is InChI=1S/C10H17N3/c1-10(2,8-3-4-8)13-6-9-5-11-7-12-9/h5,7-8,13H,3-4,6H2,1-2H3,(H,11,12). The quantitative estimate of drug-likeness (QED) is 0.738. The number of aromatic amines is 1. The van der Waals surface area contributed by atoms with E-state index in [0.717, 1.165) is 18.2 Å². The highest BCUT2D eigenvalue weighted by Crippen LogP contribution is 2.39. The lowest BCUT2D eigenvalue weighted by atomic mass is 9.99. The smallest absolute Gasteiger partial charge is 0.0922 e. The normalized spacial score (nSPS) is 17.7. The molecule has 1 aromatic rings. The zero-order valence-electron chi connectivity index (χ0n) is 8.30. The monoisotopic (exact) mass is 179 g/mol. The van der Waals surface area contributed by atoms with Gasteiger partial charge in [-0.3, -0.25) is 0 Å². The summed E-state index contributed by atoms with van der Waals surface area (Å²) in [5.41, 5.74) is 1.44. The molecule has 3 nitrogen and oxygen atoms in total. The summed E-state index contributed by atoms with van der Waals surface area (Å²) in [7, 11) is 0. The molecule has 1 aliphatic rings. The van der Waals surface area contributed by atoms with Gasteiger partial charge in [-0.05, 0) is 32.6 Å². The highest BCUT2D eigenvalue weighted by atomic mass is 15.0. The van der Waals surface area contributed by atoms with E-state index in [0.29, 0.717) is 0 Å². The van der Waals surface area contributed by atoms with Crippen molar-refractivity contribution < 1.29 is 0 Å². The fourth-order valence-corrected chi connectivity index (χ4v) is 1.65. The van der Waals surface area contributed by atoms with E-state index in [9.17, 15) is 0 Å². The first-order valence-corrected chi connectivity index (χ1v) is 4.91. The van der Waals surface area contributed by atoms with Gasteiger partial charge in [0, 0.05) is 24.0 Å². The van der Waals surface area contributed by atoms with Crippen LogP contribution in [-0.4, -0.2) is 15.5 Å². The lowest BCUT2D eigenvalue weighted by Crippen LogP contribution is -2.40. The second kappa shape index (κ2) is 3.14. The molecule has 1 aromatic heterocycles. The van der Waals surface area contributed by atoms with E-state index in [-0.39, 0.29) is 5.54 Å². The molecule has 0 radical (unpaired) electrons. The van der Waals surface area contributed by atoms with Crippen molar-refractivity contribution >= 4 is 0 Å². The number of nitrogens with zero attached hydrogens (tertiary/aromatic N) is 1. The third-order valence-electron chi connectivity index (χ3n) is 2.89. The van der Waals surface area contributed by atoms with Gasteiger partial charge < -0.3 is 10.3 Å². The SMILES string of the molecule is CC(C)(NCc1cnc[nH]1)C1CC1. The summed E-state index contributed by atoms with van der Waals surface area (Å²) >= 11 is 0. The molecule has 1 heterocycles. The number of nitrogens with one attached hydrogen (secondary N) is 2. The lowest BCUT2D eigenvalue weighted by Gasteiger charge is -2.25. The van der Waals surface area contributed by atoms with Gasteiger partial charge in [0.15, 0.2) is 0 Å². The molecule has 13 heavy (non-hydrogen) atoms. The molecule has 0 aromatic carbocycles. The molecular formula is C10H17N3. The molecule has 2 rings (SSSR count). The Balaban J connectivity index is 1.84. The first-order chi connectivity index (χ1) is 6.18. The van der Waals surface area contributed by atoms with Crippen molar-refractivity contribution in [1.29, 1.82) is 0 Å². The van der Waals surface area contributed by atoms with Gasteiger partial charge in [0.1, 0.15) is 0 Å². The van der Waals surface area contributed by atoms with Crippen LogP contribution < -0.4 is 5.32 Å². The van der Waals surface area contributed by atoms with Gasteiger partial charge >= 0.3 is 0 Å². The van der Waals surface area contributed by atoms with Crippen molar-refractivity contribution in [3.05, 3.63) is 18.2 Å². The van der Waals surface area contributed by atoms with E-state index < -0.39 is 0 Å². The summed E-state index contributed by atoms with van der Waals surface area (Å²) in [4.78, 5) is 7.08. The third kappa shape index (κ3) is 2.10. The Kier molecular flexibility index (Phi) is 2.12. The second-order valence-electron chi connectivity index (χ2n) is 4.43. The molecule has 1 aliphatic carbocycles. The maximum Gasteiger partial charge on any atom is 0.0922 e. The largest absolute Gasteiger partial charge is 0.347 e. The number of hydrogen-bond acceptors (Lipinski definition) is 2. The third-order valence-corrected chi connectivity index (χ3v) is 2.89. The van der Waals surface area contributed by atoms with Crippen molar-refractivity contribution in [1.82, 2.24) is 15.3 Å². The molecule has 0 amide bonds. The lowest BCUT2D eigenvalue weighted by molar-refractivity contribution is 0.338. The van der Waals surface area contributed by atoms with E-state index in [1.807, 2.05) is 6.20 Å². The first kappa shape index (κ1) is 8.75. The van der Waals surface area contributed by atoms with Gasteiger partial charge in [0.05, 0.1) is 6.33 Å². The molecule has 0 aliphatic heterocycles. The molecule has 0 atom stereocenters. The molecule has 1 fully saturated rings. The number of hydrogen-bond donors (Lipinski definition) is 2. The van der Waals surface area contributed by atoms with Crippen LogP contribution in [-0.2, 0) is 6.54 Å². The van der Waals surface area contributed by atoms with Crippen LogP contribution in [0.3, 0.4) is 0 Å². The maximum atomic E-state index is 3.99. The fourth-order valence-electron chi connectivity index (χ4n) is 1.65. The van der Waals surface area contributed by atoms with Gasteiger partial charge in [-0.1, -0.05) is 0 Å². The Morgan fingerprint density at radius 1 is 1.62 bits per heavy atom. The van der Waals surface area contributed by atoms with E-state index in [1.165, 1.54) is 12.8 Å². The Morgan fingerprint density at radius 2 is 2.38 bits per heavy atom. The predicted molar refractivity (Wildman–Crippen MR) is 52.2 cm³/mol. The van der Waals surface area contributed by atoms with E-state index >= 15 is 0 Å². The van der Waals surface area contributed by atoms with Crippen LogP contribution in [0.2, 0.25) is 0 Å². The minimum atomic E-state index is 0.283. The molecule has 0 spiro atoms. The zero-order valence-corrected chi connectivity index (χ0v) is 8.30. The van der Waals surface area contributed by atoms with Crippen LogP contribution in [0.25, 0.3) is 0 Å². The van der Waals surface area contributed by atoms with Crippen LogP contribution in [0.4, 0.5) is 0 Å². The van der Waals surface area contributed by atoms with Crippen LogP contribution in [0, 0.1) is 5.92 Å². The van der Waals surface area contributed by atoms with Crippen molar-refractivity contribution in [3.63, 3.8) is 0 Å². The first-order valence-electron chi connectivity index (χ1n) is 4.91. The summed E-state index contributed by atoms with van der Waals surface area (Å²) in [6, 6.07) is 0. The van der Waals surface area contributed by atoms with Gasteiger partial charge in [-0.25, -0.2) is 4.98 Å². The van der Waals surface area contributed by atoms with Crippen molar-refractivity contribution in [2.24, 2.45) is 5.92 Å². The summed E-state index contributed by atoms with van der Waals surface area (Å²) in [5, 5.41) is 3.55. The molecule has 3 heteroatoms. The van der Waals surface area contributed by atoms with Crippen LogP contribution in [0.5, 0.6) is 0 Å². The van der Waals surface area contributed by atoms with Crippen molar-refractivity contribution in [3.8, 4) is 0 Å². The minimum Gasteiger partial charge on any atom is -0.347 e. The molecule has 0 saturated heterocycles. The highest BCUT2D eigenvalue weighted by Gasteiger charge is 2.37. The van der Waals surface area contributed by atoms with Crippen molar-refractivity contribution in [2.45, 2.75) is 38.8 Å². The molecule has 0 bridgehead atoms. The fraction of sp³-hybridized carbons (Fsp3) is 0.700. The molecular weight excluding hydrogens is 162 g/mol. The van der Waals surface area contributed by atoms with Gasteiger partial charge in [0.2, 0.25) is 0 Å². The Morgan fingerprint density at radius 3 is 2.92 bits per heavy atom. The Bertz CT molecular complexity index is 260. The average Bonchev–Trinajstić information content (AvgIpc) is 2.82. The summed E-state index contributed by atoms with van der Waals surface area (Å²) in [6.45, 7) is 5.45. The van der Waals surface area contributed by atoms with E-state index in [2.05, 4.69) is 29.1 Å². The molecule has 72 valence electrons. The van der Waals surface area contributed by atoms with Crippen LogP contribution in [0.1, 0.15) is 32.4 Å². The summed E-state index contributed by atoms with van der Waals surface area (Å²) in [5.74, 6) is 0.871. The van der Waals surface area contributed by atoms with E-state index in [4.69, 9.17) is 0 Å². The zero-order chi connectivity index (χ0) is 9.31. The molecule has 0 unspecified atom stereocenters. The topological polar surface area (TPSA) is 40.7 Å². The average molecular weight is 179 g/mol. The summed E-state index contributed by atoms with van der Waals surface area (Å²) in [6.07, 6.45) is 6.35. The number of imidazole rings is 1. The number of rotatable bonds is 4. The van der Waals surface area contributed by atoms with Crippen LogP contribution >= 0.6 is 0 Å². The molecule has 1 saturated carbocycles. The summed E-state index contributed by atoms with van der Waals surface area (Å²) < 4.78 is 0. The number of H-pyrrole nitrogens is 1. The van der Waals surface area contributed by atoms with Crippen molar-refractivity contribution in [2.75, 3.05) is 0 Å². The second-order valence-corrected chi connectivity index (χ2v) is 4.43. The van der Waals surface area contributed by atoms with Gasteiger partial charge in [-0.2, -0.15) is 0 Å². The minimum absolute atomic E-state index is 0.283. The molecule has 2 N–H and O–H groups in total. The Hall–Kier alpha value is -0.830. The van der Waals surface area contributed by atoms with Crippen LogP contribution in [0.15, 0.2) is 12.5 Å².